The van der Waals surface area contributed by atoms with Crippen LogP contribution in [0.3, 0.4) is 0 Å². The predicted octanol–water partition coefficient (Wildman–Crippen LogP) is 2.56. The van der Waals surface area contributed by atoms with Gasteiger partial charge < -0.3 is 4.90 Å². The molecule has 0 spiro atoms. The van der Waals surface area contributed by atoms with Crippen LogP contribution in [0.4, 0.5) is 0 Å². The Kier molecular flexibility index (Phi) is 2.75. The molecule has 1 unspecified atom stereocenters. The van der Waals surface area contributed by atoms with E-state index in [1.54, 1.807) is 0 Å². The molecule has 0 aromatic carbocycles. The molecule has 1 heterocycles. The summed E-state index contributed by atoms with van der Waals surface area (Å²) in [6, 6.07) is 0.661. The third-order valence-electron chi connectivity index (χ3n) is 2.41. The summed E-state index contributed by atoms with van der Waals surface area (Å²) < 4.78 is 0. The zero-order valence-electron chi connectivity index (χ0n) is 7.34. The monoisotopic (exact) mass is 151 g/mol. The highest BCUT2D eigenvalue weighted by Crippen LogP contribution is 2.20. The van der Waals surface area contributed by atoms with Crippen molar-refractivity contribution < 1.29 is 0 Å². The van der Waals surface area contributed by atoms with E-state index in [1.807, 2.05) is 6.08 Å². The summed E-state index contributed by atoms with van der Waals surface area (Å²) in [6.45, 7) is 11.1. The largest absolute Gasteiger partial charge is 0.369 e. The van der Waals surface area contributed by atoms with Gasteiger partial charge in [-0.3, -0.25) is 0 Å². The van der Waals surface area contributed by atoms with Crippen LogP contribution in [-0.2, 0) is 0 Å². The van der Waals surface area contributed by atoms with E-state index in [1.165, 1.54) is 19.3 Å². The van der Waals surface area contributed by atoms with E-state index in [0.29, 0.717) is 6.04 Å². The van der Waals surface area contributed by atoms with Crippen molar-refractivity contribution in [3.63, 3.8) is 0 Å². The number of allylic oxidation sites excluding steroid dienone is 1. The first-order chi connectivity index (χ1) is 5.25. The molecule has 11 heavy (non-hydrogen) atoms. The fourth-order valence-electron chi connectivity index (χ4n) is 1.64. The Morgan fingerprint density at radius 1 is 1.55 bits per heavy atom. The maximum atomic E-state index is 3.96. The van der Waals surface area contributed by atoms with Crippen LogP contribution < -0.4 is 0 Å². The summed E-state index contributed by atoms with van der Waals surface area (Å²) in [5, 5.41) is 0. The molecule has 0 aliphatic carbocycles. The van der Waals surface area contributed by atoms with Gasteiger partial charge in [0.1, 0.15) is 0 Å². The quantitative estimate of drug-likeness (QED) is 0.548. The first-order valence-electron chi connectivity index (χ1n) is 4.33. The van der Waals surface area contributed by atoms with Crippen molar-refractivity contribution in [2.75, 3.05) is 6.54 Å². The highest BCUT2D eigenvalue weighted by atomic mass is 15.2. The third-order valence-corrected chi connectivity index (χ3v) is 2.41. The molecule has 1 aliphatic heterocycles. The molecule has 1 rings (SSSR count). The molecule has 1 heteroatoms. The summed E-state index contributed by atoms with van der Waals surface area (Å²) in [4.78, 5) is 2.34. The fourth-order valence-corrected chi connectivity index (χ4v) is 1.64. The van der Waals surface area contributed by atoms with Gasteiger partial charge in [0, 0.05) is 18.3 Å². The molecule has 0 aromatic heterocycles. The second-order valence-corrected chi connectivity index (χ2v) is 3.23. The van der Waals surface area contributed by atoms with Crippen LogP contribution in [0.2, 0.25) is 0 Å². The normalized spacial score (nSPS) is 24.8. The Bertz CT molecular complexity index is 160. The van der Waals surface area contributed by atoms with Gasteiger partial charge in [-0.15, -0.1) is 0 Å². The van der Waals surface area contributed by atoms with Crippen molar-refractivity contribution in [2.45, 2.75) is 32.2 Å². The van der Waals surface area contributed by atoms with Crippen LogP contribution >= 0.6 is 0 Å². The van der Waals surface area contributed by atoms with Gasteiger partial charge in [0.25, 0.3) is 0 Å². The Morgan fingerprint density at radius 2 is 2.27 bits per heavy atom. The van der Waals surface area contributed by atoms with E-state index in [4.69, 9.17) is 0 Å². The molecule has 0 bridgehead atoms. The van der Waals surface area contributed by atoms with E-state index >= 15 is 0 Å². The van der Waals surface area contributed by atoms with E-state index in [0.717, 1.165) is 12.2 Å². The van der Waals surface area contributed by atoms with Gasteiger partial charge in [-0.25, -0.2) is 0 Å². The number of nitrogens with zero attached hydrogens (tertiary/aromatic N) is 1. The topological polar surface area (TPSA) is 3.24 Å². The van der Waals surface area contributed by atoms with E-state index in [2.05, 4.69) is 25.0 Å². The van der Waals surface area contributed by atoms with Crippen LogP contribution in [0, 0.1) is 0 Å². The lowest BCUT2D eigenvalue weighted by atomic mass is 10.0. The molecule has 0 aromatic rings. The maximum Gasteiger partial charge on any atom is 0.0289 e. The van der Waals surface area contributed by atoms with Crippen molar-refractivity contribution in [3.05, 3.63) is 24.9 Å². The summed E-state index contributed by atoms with van der Waals surface area (Å²) in [6.07, 6.45) is 5.81. The standard InChI is InChI=1S/C10H17N/c1-4-9(2)11-8-6-5-7-10(11)3/h4,10H,1-2,5-8H2,3H3. The van der Waals surface area contributed by atoms with E-state index in [9.17, 15) is 0 Å². The molecule has 1 atom stereocenters. The van der Waals surface area contributed by atoms with Crippen LogP contribution in [-0.4, -0.2) is 17.5 Å². The SMILES string of the molecule is C=CC(=C)N1CCCCC1C. The van der Waals surface area contributed by atoms with Crippen molar-refractivity contribution >= 4 is 0 Å². The average molecular weight is 151 g/mol. The van der Waals surface area contributed by atoms with Crippen LogP contribution in [0.15, 0.2) is 24.9 Å². The third kappa shape index (κ3) is 1.86. The first kappa shape index (κ1) is 8.38. The molecule has 62 valence electrons. The minimum absolute atomic E-state index is 0.661. The highest BCUT2D eigenvalue weighted by Gasteiger charge is 2.17. The number of hydrogen-bond acceptors (Lipinski definition) is 1. The fraction of sp³-hybridized carbons (Fsp3) is 0.600. The second kappa shape index (κ2) is 3.61. The van der Waals surface area contributed by atoms with Gasteiger partial charge in [-0.05, 0) is 32.3 Å². The maximum absolute atomic E-state index is 3.96. The molecule has 1 nitrogen and oxygen atoms in total. The summed E-state index contributed by atoms with van der Waals surface area (Å²) in [5.74, 6) is 0. The summed E-state index contributed by atoms with van der Waals surface area (Å²) in [7, 11) is 0. The van der Waals surface area contributed by atoms with Crippen LogP contribution in [0.5, 0.6) is 0 Å². The zero-order valence-corrected chi connectivity index (χ0v) is 7.34. The van der Waals surface area contributed by atoms with Gasteiger partial charge in [0.15, 0.2) is 0 Å². The first-order valence-corrected chi connectivity index (χ1v) is 4.33. The molecule has 1 fully saturated rings. The van der Waals surface area contributed by atoms with Gasteiger partial charge in [0.05, 0.1) is 0 Å². The Balaban J connectivity index is 2.53. The van der Waals surface area contributed by atoms with Crippen LogP contribution in [0.25, 0.3) is 0 Å². The van der Waals surface area contributed by atoms with Gasteiger partial charge in [-0.1, -0.05) is 13.2 Å². The van der Waals surface area contributed by atoms with Crippen molar-refractivity contribution in [3.8, 4) is 0 Å². The Hall–Kier alpha value is -0.720. The minimum Gasteiger partial charge on any atom is -0.369 e. The zero-order chi connectivity index (χ0) is 8.27. The van der Waals surface area contributed by atoms with Crippen molar-refractivity contribution in [1.29, 1.82) is 0 Å². The molecular formula is C10H17N. The molecule has 1 saturated heterocycles. The van der Waals surface area contributed by atoms with Crippen LogP contribution in [0.1, 0.15) is 26.2 Å². The Labute approximate surface area is 69.4 Å². The number of likely N-dealkylation sites (tertiary alicyclic amines) is 1. The smallest absolute Gasteiger partial charge is 0.0289 e. The van der Waals surface area contributed by atoms with Crippen molar-refractivity contribution in [2.24, 2.45) is 0 Å². The van der Waals surface area contributed by atoms with E-state index < -0.39 is 0 Å². The van der Waals surface area contributed by atoms with Gasteiger partial charge in [-0.2, -0.15) is 0 Å². The molecular weight excluding hydrogens is 134 g/mol. The van der Waals surface area contributed by atoms with E-state index in [-0.39, 0.29) is 0 Å². The lowest BCUT2D eigenvalue weighted by Crippen LogP contribution is -2.35. The predicted molar refractivity (Wildman–Crippen MR) is 49.4 cm³/mol. The molecule has 0 radical (unpaired) electrons. The molecule has 0 saturated carbocycles. The summed E-state index contributed by atoms with van der Waals surface area (Å²) >= 11 is 0. The average Bonchev–Trinajstić information content (AvgIpc) is 2.04. The number of piperidine rings is 1. The Morgan fingerprint density at radius 3 is 2.82 bits per heavy atom. The highest BCUT2D eigenvalue weighted by molar-refractivity contribution is 5.11. The van der Waals surface area contributed by atoms with Gasteiger partial charge >= 0.3 is 0 Å². The molecule has 0 amide bonds. The summed E-state index contributed by atoms with van der Waals surface area (Å²) in [5.41, 5.74) is 1.08. The second-order valence-electron chi connectivity index (χ2n) is 3.23. The van der Waals surface area contributed by atoms with Gasteiger partial charge in [0.2, 0.25) is 0 Å². The minimum atomic E-state index is 0.661. The molecule has 1 aliphatic rings. The number of rotatable bonds is 2. The lowest BCUT2D eigenvalue weighted by molar-refractivity contribution is 0.216. The van der Waals surface area contributed by atoms with Crippen molar-refractivity contribution in [1.82, 2.24) is 4.90 Å². The number of hydrogen-bond donors (Lipinski definition) is 0. The lowest BCUT2D eigenvalue weighted by Gasteiger charge is -2.35. The molecule has 0 N–H and O–H groups in total.